The molecule has 0 atom stereocenters. The van der Waals surface area contributed by atoms with Crippen LogP contribution in [0.15, 0.2) is 57.7 Å². The largest absolute Gasteiger partial charge is 0.489 e. The Labute approximate surface area is 121 Å². The Morgan fingerprint density at radius 3 is 2.62 bits per heavy atom. The highest BCUT2D eigenvalue weighted by Crippen LogP contribution is 2.21. The number of ether oxygens (including phenoxy) is 1. The summed E-state index contributed by atoms with van der Waals surface area (Å²) in [5.74, 6) is 0.706. The maximum atomic E-state index is 11.6. The highest BCUT2D eigenvalue weighted by Gasteiger charge is 2.06. The standard InChI is InChI=1S/C17H15NO3/c1-11-2-7-15-12(9-17(19)21-16(15)8-11)10-20-14-5-3-13(18)4-6-14/h2-9H,10,18H2,1H3. The second kappa shape index (κ2) is 5.32. The Hall–Kier alpha value is -2.75. The van der Waals surface area contributed by atoms with Gasteiger partial charge in [-0.15, -0.1) is 0 Å². The number of fused-ring (bicyclic) bond motifs is 1. The van der Waals surface area contributed by atoms with Gasteiger partial charge in [-0.3, -0.25) is 0 Å². The molecule has 0 amide bonds. The number of nitrogens with two attached hydrogens (primary N) is 1. The number of nitrogen functional groups attached to an aromatic ring is 1. The van der Waals surface area contributed by atoms with Gasteiger partial charge < -0.3 is 14.9 Å². The molecule has 21 heavy (non-hydrogen) atoms. The van der Waals surface area contributed by atoms with E-state index in [1.165, 1.54) is 6.07 Å². The summed E-state index contributed by atoms with van der Waals surface area (Å²) < 4.78 is 10.9. The minimum absolute atomic E-state index is 0.301. The van der Waals surface area contributed by atoms with Crippen molar-refractivity contribution in [2.75, 3.05) is 5.73 Å². The molecule has 0 spiro atoms. The zero-order valence-electron chi connectivity index (χ0n) is 11.6. The van der Waals surface area contributed by atoms with E-state index in [2.05, 4.69) is 0 Å². The molecule has 4 heteroatoms. The van der Waals surface area contributed by atoms with Gasteiger partial charge in [0.25, 0.3) is 0 Å². The summed E-state index contributed by atoms with van der Waals surface area (Å²) in [4.78, 5) is 11.6. The lowest BCUT2D eigenvalue weighted by Gasteiger charge is -2.08. The normalized spacial score (nSPS) is 10.7. The van der Waals surface area contributed by atoms with Crippen molar-refractivity contribution in [3.05, 3.63) is 70.1 Å². The third-order valence-electron chi connectivity index (χ3n) is 3.26. The van der Waals surface area contributed by atoms with Gasteiger partial charge in [-0.25, -0.2) is 4.79 Å². The van der Waals surface area contributed by atoms with Crippen LogP contribution in [0.4, 0.5) is 5.69 Å². The lowest BCUT2D eigenvalue weighted by Crippen LogP contribution is -2.04. The molecule has 0 unspecified atom stereocenters. The molecule has 3 aromatic rings. The molecule has 1 heterocycles. The fraction of sp³-hybridized carbons (Fsp3) is 0.118. The number of rotatable bonds is 3. The zero-order valence-corrected chi connectivity index (χ0v) is 11.6. The predicted molar refractivity (Wildman–Crippen MR) is 82.4 cm³/mol. The second-order valence-corrected chi connectivity index (χ2v) is 4.95. The van der Waals surface area contributed by atoms with E-state index in [1.54, 1.807) is 24.3 Å². The fourth-order valence-electron chi connectivity index (χ4n) is 2.18. The van der Waals surface area contributed by atoms with E-state index >= 15 is 0 Å². The van der Waals surface area contributed by atoms with Gasteiger partial charge in [-0.05, 0) is 42.8 Å². The van der Waals surface area contributed by atoms with Crippen LogP contribution in [0.1, 0.15) is 11.1 Å². The molecule has 0 aliphatic carbocycles. The Kier molecular flexibility index (Phi) is 3.36. The summed E-state index contributed by atoms with van der Waals surface area (Å²) in [5, 5.41) is 0.885. The monoisotopic (exact) mass is 281 g/mol. The van der Waals surface area contributed by atoms with E-state index in [4.69, 9.17) is 14.9 Å². The van der Waals surface area contributed by atoms with Gasteiger partial charge in [-0.2, -0.15) is 0 Å². The molecule has 0 saturated carbocycles. The van der Waals surface area contributed by atoms with Gasteiger partial charge in [0, 0.05) is 22.7 Å². The molecule has 3 rings (SSSR count). The lowest BCUT2D eigenvalue weighted by atomic mass is 10.1. The van der Waals surface area contributed by atoms with Gasteiger partial charge in [-0.1, -0.05) is 12.1 Å². The number of aryl methyl sites for hydroxylation is 1. The van der Waals surface area contributed by atoms with Crippen LogP contribution in [0.25, 0.3) is 11.0 Å². The maximum Gasteiger partial charge on any atom is 0.336 e. The summed E-state index contributed by atoms with van der Waals surface area (Å²) in [6, 6.07) is 14.4. The van der Waals surface area contributed by atoms with Crippen LogP contribution in [0.2, 0.25) is 0 Å². The third kappa shape index (κ3) is 2.89. The summed E-state index contributed by atoms with van der Waals surface area (Å²) in [7, 11) is 0. The van der Waals surface area contributed by atoms with Crippen molar-refractivity contribution in [3.8, 4) is 5.75 Å². The van der Waals surface area contributed by atoms with E-state index in [0.717, 1.165) is 16.5 Å². The maximum absolute atomic E-state index is 11.6. The molecule has 0 bridgehead atoms. The van der Waals surface area contributed by atoms with E-state index in [1.807, 2.05) is 25.1 Å². The molecule has 0 aliphatic rings. The first-order chi connectivity index (χ1) is 10.1. The molecule has 0 fully saturated rings. The third-order valence-corrected chi connectivity index (χ3v) is 3.26. The molecule has 106 valence electrons. The summed E-state index contributed by atoms with van der Waals surface area (Å²) in [6.45, 7) is 2.26. The first-order valence-corrected chi connectivity index (χ1v) is 6.63. The smallest absolute Gasteiger partial charge is 0.336 e. The molecule has 0 saturated heterocycles. The highest BCUT2D eigenvalue weighted by atomic mass is 16.5. The molecule has 4 nitrogen and oxygen atoms in total. The minimum atomic E-state index is -0.371. The summed E-state index contributed by atoms with van der Waals surface area (Å²) in [5.41, 5.74) is 8.38. The van der Waals surface area contributed by atoms with Crippen molar-refractivity contribution in [3.63, 3.8) is 0 Å². The number of hydrogen-bond donors (Lipinski definition) is 1. The predicted octanol–water partition coefficient (Wildman–Crippen LogP) is 3.26. The van der Waals surface area contributed by atoms with E-state index in [-0.39, 0.29) is 5.63 Å². The number of hydrogen-bond acceptors (Lipinski definition) is 4. The van der Waals surface area contributed by atoms with E-state index in [0.29, 0.717) is 23.6 Å². The molecule has 0 radical (unpaired) electrons. The molecule has 0 aliphatic heterocycles. The first-order valence-electron chi connectivity index (χ1n) is 6.63. The Morgan fingerprint density at radius 1 is 1.10 bits per heavy atom. The minimum Gasteiger partial charge on any atom is -0.489 e. The summed E-state index contributed by atoms with van der Waals surface area (Å²) >= 11 is 0. The molecular formula is C17H15NO3. The van der Waals surface area contributed by atoms with Crippen LogP contribution in [-0.2, 0) is 6.61 Å². The second-order valence-electron chi connectivity index (χ2n) is 4.95. The summed E-state index contributed by atoms with van der Waals surface area (Å²) in [6.07, 6.45) is 0. The van der Waals surface area contributed by atoms with E-state index < -0.39 is 0 Å². The van der Waals surface area contributed by atoms with Gasteiger partial charge in [0.1, 0.15) is 17.9 Å². The van der Waals surface area contributed by atoms with Crippen molar-refractivity contribution in [2.24, 2.45) is 0 Å². The van der Waals surface area contributed by atoms with Gasteiger partial charge >= 0.3 is 5.63 Å². The average molecular weight is 281 g/mol. The highest BCUT2D eigenvalue weighted by molar-refractivity contribution is 5.80. The topological polar surface area (TPSA) is 65.5 Å². The Balaban J connectivity index is 1.93. The van der Waals surface area contributed by atoms with Crippen molar-refractivity contribution in [1.82, 2.24) is 0 Å². The lowest BCUT2D eigenvalue weighted by molar-refractivity contribution is 0.306. The van der Waals surface area contributed by atoms with Crippen LogP contribution in [0, 0.1) is 6.92 Å². The van der Waals surface area contributed by atoms with Crippen molar-refractivity contribution in [1.29, 1.82) is 0 Å². The molecule has 2 aromatic carbocycles. The number of benzene rings is 2. The van der Waals surface area contributed by atoms with Crippen molar-refractivity contribution >= 4 is 16.7 Å². The zero-order chi connectivity index (χ0) is 14.8. The van der Waals surface area contributed by atoms with Crippen LogP contribution in [0.5, 0.6) is 5.75 Å². The Bertz CT molecular complexity index is 835. The first kappa shape index (κ1) is 13.2. The van der Waals surface area contributed by atoms with Gasteiger partial charge in [0.05, 0.1) is 0 Å². The fourth-order valence-corrected chi connectivity index (χ4v) is 2.18. The quantitative estimate of drug-likeness (QED) is 0.591. The van der Waals surface area contributed by atoms with Crippen LogP contribution in [0.3, 0.4) is 0 Å². The SMILES string of the molecule is Cc1ccc2c(COc3ccc(N)cc3)cc(=O)oc2c1. The van der Waals surface area contributed by atoms with Crippen LogP contribution in [-0.4, -0.2) is 0 Å². The van der Waals surface area contributed by atoms with E-state index in [9.17, 15) is 4.79 Å². The number of anilines is 1. The molecule has 2 N–H and O–H groups in total. The van der Waals surface area contributed by atoms with Gasteiger partial charge in [0.2, 0.25) is 0 Å². The average Bonchev–Trinajstić information content (AvgIpc) is 2.45. The Morgan fingerprint density at radius 2 is 1.86 bits per heavy atom. The molecular weight excluding hydrogens is 266 g/mol. The van der Waals surface area contributed by atoms with Gasteiger partial charge in [0.15, 0.2) is 0 Å². The van der Waals surface area contributed by atoms with Crippen molar-refractivity contribution in [2.45, 2.75) is 13.5 Å². The van der Waals surface area contributed by atoms with Crippen molar-refractivity contribution < 1.29 is 9.15 Å². The van der Waals surface area contributed by atoms with Crippen LogP contribution >= 0.6 is 0 Å². The van der Waals surface area contributed by atoms with Crippen LogP contribution < -0.4 is 16.1 Å². The molecule has 1 aromatic heterocycles.